The number of aromatic nitrogens is 3. The third kappa shape index (κ3) is 4.09. The fourth-order valence-corrected chi connectivity index (χ4v) is 3.35. The summed E-state index contributed by atoms with van der Waals surface area (Å²) in [5.41, 5.74) is 9.25. The van der Waals surface area contributed by atoms with Gasteiger partial charge in [0.2, 0.25) is 0 Å². The van der Waals surface area contributed by atoms with Gasteiger partial charge < -0.3 is 5.32 Å². The summed E-state index contributed by atoms with van der Waals surface area (Å²) < 4.78 is 1.99. The maximum Gasteiger partial charge on any atom is 0.147 e. The van der Waals surface area contributed by atoms with E-state index in [1.807, 2.05) is 41.5 Å². The highest BCUT2D eigenvalue weighted by Crippen LogP contribution is 2.24. The Morgan fingerprint density at radius 3 is 2.77 bits per heavy atom. The van der Waals surface area contributed by atoms with Gasteiger partial charge in [-0.2, -0.15) is 5.10 Å². The zero-order valence-corrected chi connectivity index (χ0v) is 14.7. The summed E-state index contributed by atoms with van der Waals surface area (Å²) in [4.78, 5) is 4.05. The lowest BCUT2D eigenvalue weighted by atomic mass is 9.95. The summed E-state index contributed by atoms with van der Waals surface area (Å²) in [5.74, 6) is 1.40. The van der Waals surface area contributed by atoms with Gasteiger partial charge >= 0.3 is 0 Å². The number of nitrogens with zero attached hydrogens (tertiary/aromatic N) is 3. The SMILES string of the molecule is c1ccc(C2NNCC2CNc2ccn(CCc3ccncc3)n2)cc1. The first-order valence-corrected chi connectivity index (χ1v) is 9.08. The minimum Gasteiger partial charge on any atom is -0.368 e. The lowest BCUT2D eigenvalue weighted by Crippen LogP contribution is -2.26. The lowest BCUT2D eigenvalue weighted by molar-refractivity contribution is 0.492. The van der Waals surface area contributed by atoms with Gasteiger partial charge in [0.15, 0.2) is 0 Å². The molecular formula is C20H24N6. The van der Waals surface area contributed by atoms with Gasteiger partial charge in [-0.05, 0) is 29.7 Å². The molecule has 0 aliphatic carbocycles. The van der Waals surface area contributed by atoms with Crippen molar-refractivity contribution < 1.29 is 0 Å². The van der Waals surface area contributed by atoms with Crippen LogP contribution in [0.3, 0.4) is 0 Å². The number of hydrazine groups is 1. The summed E-state index contributed by atoms with van der Waals surface area (Å²) in [7, 11) is 0. The van der Waals surface area contributed by atoms with Crippen molar-refractivity contribution in [2.24, 2.45) is 5.92 Å². The van der Waals surface area contributed by atoms with Crippen LogP contribution in [0.15, 0.2) is 67.1 Å². The second-order valence-corrected chi connectivity index (χ2v) is 6.62. The van der Waals surface area contributed by atoms with Gasteiger partial charge in [0.05, 0.1) is 6.04 Å². The standard InChI is InChI=1S/C20H24N6/c1-2-4-17(5-3-1)20-18(15-23-24-20)14-22-19-9-13-26(25-19)12-8-16-6-10-21-11-7-16/h1-7,9-11,13,18,20,23-24H,8,12,14-15H2,(H,22,25). The third-order valence-corrected chi connectivity index (χ3v) is 4.82. The Bertz CT molecular complexity index is 801. The summed E-state index contributed by atoms with van der Waals surface area (Å²) in [6.07, 6.45) is 6.65. The van der Waals surface area contributed by atoms with Crippen LogP contribution in [-0.4, -0.2) is 27.9 Å². The number of aryl methyl sites for hydroxylation is 2. The molecule has 1 aromatic carbocycles. The van der Waals surface area contributed by atoms with Gasteiger partial charge in [-0.25, -0.2) is 5.43 Å². The van der Waals surface area contributed by atoms with Crippen molar-refractivity contribution in [2.45, 2.75) is 19.0 Å². The average Bonchev–Trinajstić information content (AvgIpc) is 3.35. The lowest BCUT2D eigenvalue weighted by Gasteiger charge is -2.19. The van der Waals surface area contributed by atoms with E-state index in [1.54, 1.807) is 0 Å². The van der Waals surface area contributed by atoms with Crippen LogP contribution in [-0.2, 0) is 13.0 Å². The molecule has 1 fully saturated rings. The molecule has 0 bridgehead atoms. The first-order valence-electron chi connectivity index (χ1n) is 9.08. The smallest absolute Gasteiger partial charge is 0.147 e. The molecule has 1 aliphatic rings. The molecule has 0 saturated carbocycles. The van der Waals surface area contributed by atoms with Crippen LogP contribution in [0.25, 0.3) is 0 Å². The predicted octanol–water partition coefficient (Wildman–Crippen LogP) is 2.40. The Morgan fingerprint density at radius 2 is 1.92 bits per heavy atom. The molecule has 1 saturated heterocycles. The second kappa shape index (κ2) is 8.12. The summed E-state index contributed by atoms with van der Waals surface area (Å²) >= 11 is 0. The zero-order valence-electron chi connectivity index (χ0n) is 14.7. The molecule has 1 aliphatic heterocycles. The summed E-state index contributed by atoms with van der Waals surface area (Å²) in [6, 6.07) is 17.0. The molecule has 0 amide bonds. The monoisotopic (exact) mass is 348 g/mol. The van der Waals surface area contributed by atoms with Crippen molar-refractivity contribution in [1.29, 1.82) is 0 Å². The Kier molecular flexibility index (Phi) is 5.23. The minimum absolute atomic E-state index is 0.317. The maximum absolute atomic E-state index is 4.63. The Morgan fingerprint density at radius 1 is 1.08 bits per heavy atom. The van der Waals surface area contributed by atoms with E-state index in [4.69, 9.17) is 0 Å². The van der Waals surface area contributed by atoms with Crippen LogP contribution >= 0.6 is 0 Å². The van der Waals surface area contributed by atoms with Gasteiger partial charge in [0.1, 0.15) is 5.82 Å². The molecule has 6 nitrogen and oxygen atoms in total. The highest BCUT2D eigenvalue weighted by molar-refractivity contribution is 5.33. The fraction of sp³-hybridized carbons (Fsp3) is 0.300. The van der Waals surface area contributed by atoms with Crippen molar-refractivity contribution in [2.75, 3.05) is 18.4 Å². The molecule has 2 atom stereocenters. The molecule has 3 heterocycles. The normalized spacial score (nSPS) is 19.5. The third-order valence-electron chi connectivity index (χ3n) is 4.82. The van der Waals surface area contributed by atoms with Crippen LogP contribution in [0.4, 0.5) is 5.82 Å². The highest BCUT2D eigenvalue weighted by Gasteiger charge is 2.27. The molecule has 0 radical (unpaired) electrons. The van der Waals surface area contributed by atoms with E-state index in [9.17, 15) is 0 Å². The van der Waals surface area contributed by atoms with Crippen LogP contribution in [0.2, 0.25) is 0 Å². The number of nitrogens with one attached hydrogen (secondary N) is 3. The van der Waals surface area contributed by atoms with E-state index in [-0.39, 0.29) is 0 Å². The highest BCUT2D eigenvalue weighted by atomic mass is 15.4. The number of benzene rings is 1. The molecule has 3 N–H and O–H groups in total. The topological polar surface area (TPSA) is 66.8 Å². The van der Waals surface area contributed by atoms with E-state index in [0.29, 0.717) is 12.0 Å². The quantitative estimate of drug-likeness (QED) is 0.612. The second-order valence-electron chi connectivity index (χ2n) is 6.62. The number of anilines is 1. The molecule has 2 aromatic heterocycles. The average molecular weight is 348 g/mol. The van der Waals surface area contributed by atoms with Gasteiger partial charge in [-0.1, -0.05) is 30.3 Å². The first kappa shape index (κ1) is 16.8. The largest absolute Gasteiger partial charge is 0.368 e. The van der Waals surface area contributed by atoms with Crippen LogP contribution < -0.4 is 16.2 Å². The van der Waals surface area contributed by atoms with Crippen LogP contribution in [0, 0.1) is 5.92 Å². The van der Waals surface area contributed by atoms with Crippen LogP contribution in [0.1, 0.15) is 17.2 Å². The van der Waals surface area contributed by atoms with E-state index in [2.05, 4.69) is 56.6 Å². The van der Waals surface area contributed by atoms with Crippen molar-refractivity contribution in [3.63, 3.8) is 0 Å². The zero-order chi connectivity index (χ0) is 17.6. The molecule has 26 heavy (non-hydrogen) atoms. The summed E-state index contributed by atoms with van der Waals surface area (Å²) in [5, 5.41) is 8.12. The van der Waals surface area contributed by atoms with Crippen molar-refractivity contribution in [3.05, 3.63) is 78.2 Å². The first-order chi connectivity index (χ1) is 12.9. The molecule has 6 heteroatoms. The number of hydrogen-bond donors (Lipinski definition) is 3. The Hall–Kier alpha value is -2.70. The molecular weight excluding hydrogens is 324 g/mol. The van der Waals surface area contributed by atoms with Gasteiger partial charge in [0, 0.05) is 50.2 Å². The van der Waals surface area contributed by atoms with Crippen molar-refractivity contribution >= 4 is 5.82 Å². The van der Waals surface area contributed by atoms with Crippen LogP contribution in [0.5, 0.6) is 0 Å². The van der Waals surface area contributed by atoms with E-state index >= 15 is 0 Å². The Labute approximate surface area is 153 Å². The van der Waals surface area contributed by atoms with Crippen molar-refractivity contribution in [3.8, 4) is 0 Å². The van der Waals surface area contributed by atoms with Gasteiger partial charge in [-0.15, -0.1) is 0 Å². The summed E-state index contributed by atoms with van der Waals surface area (Å²) in [6.45, 7) is 2.68. The Balaban J connectivity index is 1.30. The molecule has 0 spiro atoms. The van der Waals surface area contributed by atoms with Crippen molar-refractivity contribution in [1.82, 2.24) is 25.6 Å². The fourth-order valence-electron chi connectivity index (χ4n) is 3.35. The van der Waals surface area contributed by atoms with Gasteiger partial charge in [-0.3, -0.25) is 15.1 Å². The minimum atomic E-state index is 0.317. The van der Waals surface area contributed by atoms with E-state index < -0.39 is 0 Å². The van der Waals surface area contributed by atoms with Gasteiger partial charge in [0.25, 0.3) is 0 Å². The van der Waals surface area contributed by atoms with E-state index in [1.165, 1.54) is 11.1 Å². The molecule has 2 unspecified atom stereocenters. The number of pyridine rings is 1. The maximum atomic E-state index is 4.63. The van der Waals surface area contributed by atoms with E-state index in [0.717, 1.165) is 31.9 Å². The molecule has 3 aromatic rings. The number of rotatable bonds is 7. The number of hydrogen-bond acceptors (Lipinski definition) is 5. The predicted molar refractivity (Wildman–Crippen MR) is 102 cm³/mol. The molecule has 4 rings (SSSR count). The molecule has 134 valence electrons.